The highest BCUT2D eigenvalue weighted by Crippen LogP contribution is 2.56. The summed E-state index contributed by atoms with van der Waals surface area (Å²) in [5.41, 5.74) is 0.373. The third kappa shape index (κ3) is 2.63. The van der Waals surface area contributed by atoms with Crippen LogP contribution in [0.5, 0.6) is 0 Å². The summed E-state index contributed by atoms with van der Waals surface area (Å²) in [6, 6.07) is -0.0668. The Morgan fingerprint density at radius 3 is 2.50 bits per heavy atom. The Labute approximate surface area is 119 Å². The van der Waals surface area contributed by atoms with Crippen LogP contribution in [0.4, 0.5) is 4.79 Å². The Kier molecular flexibility index (Phi) is 3.61. The maximum atomic E-state index is 12.2. The van der Waals surface area contributed by atoms with E-state index in [0.29, 0.717) is 24.9 Å². The van der Waals surface area contributed by atoms with Crippen molar-refractivity contribution >= 4 is 12.0 Å². The summed E-state index contributed by atoms with van der Waals surface area (Å²) in [6.45, 7) is 1.83. The number of amides is 2. The van der Waals surface area contributed by atoms with Crippen molar-refractivity contribution in [3.05, 3.63) is 0 Å². The van der Waals surface area contributed by atoms with Gasteiger partial charge in [0.25, 0.3) is 0 Å². The molecule has 2 aliphatic carbocycles. The maximum absolute atomic E-state index is 12.2. The van der Waals surface area contributed by atoms with Gasteiger partial charge in [-0.15, -0.1) is 0 Å². The summed E-state index contributed by atoms with van der Waals surface area (Å²) in [7, 11) is 0. The lowest BCUT2D eigenvalue weighted by Crippen LogP contribution is -2.51. The quantitative estimate of drug-likeness (QED) is 0.828. The van der Waals surface area contributed by atoms with E-state index >= 15 is 0 Å². The number of carboxylic acid groups (broad SMARTS) is 1. The van der Waals surface area contributed by atoms with Crippen molar-refractivity contribution in [1.82, 2.24) is 10.2 Å². The van der Waals surface area contributed by atoms with Gasteiger partial charge in [-0.2, -0.15) is 0 Å². The van der Waals surface area contributed by atoms with Gasteiger partial charge in [0.05, 0.1) is 5.92 Å². The van der Waals surface area contributed by atoms with Crippen molar-refractivity contribution in [2.45, 2.75) is 44.9 Å². The minimum absolute atomic E-state index is 0.0668. The molecule has 2 N–H and O–H groups in total. The van der Waals surface area contributed by atoms with Crippen LogP contribution >= 0.6 is 0 Å². The van der Waals surface area contributed by atoms with E-state index in [4.69, 9.17) is 5.11 Å². The van der Waals surface area contributed by atoms with Crippen molar-refractivity contribution in [2.24, 2.45) is 17.3 Å². The fourth-order valence-corrected chi connectivity index (χ4v) is 3.78. The lowest BCUT2D eigenvalue weighted by Gasteiger charge is -2.43. The van der Waals surface area contributed by atoms with Crippen molar-refractivity contribution in [3.8, 4) is 0 Å². The Hall–Kier alpha value is -1.26. The summed E-state index contributed by atoms with van der Waals surface area (Å²) in [6.07, 6.45) is 7.90. The van der Waals surface area contributed by atoms with Gasteiger partial charge in [-0.3, -0.25) is 4.79 Å². The molecule has 1 unspecified atom stereocenters. The minimum Gasteiger partial charge on any atom is -0.481 e. The molecule has 3 aliphatic rings. The van der Waals surface area contributed by atoms with Crippen LogP contribution in [0.25, 0.3) is 0 Å². The van der Waals surface area contributed by atoms with E-state index in [0.717, 1.165) is 18.9 Å². The summed E-state index contributed by atoms with van der Waals surface area (Å²) in [4.78, 5) is 24.9. The first-order chi connectivity index (χ1) is 9.61. The molecule has 1 atom stereocenters. The first-order valence-electron chi connectivity index (χ1n) is 7.86. The minimum atomic E-state index is -0.782. The van der Waals surface area contributed by atoms with E-state index in [9.17, 15) is 9.59 Å². The number of nitrogens with zero attached hydrogens (tertiary/aromatic N) is 1. The topological polar surface area (TPSA) is 69.6 Å². The average Bonchev–Trinajstić information content (AvgIpc) is 3.22. The maximum Gasteiger partial charge on any atom is 0.317 e. The zero-order valence-corrected chi connectivity index (χ0v) is 11.9. The van der Waals surface area contributed by atoms with Gasteiger partial charge in [0, 0.05) is 19.6 Å². The molecule has 1 saturated heterocycles. The molecule has 3 fully saturated rings. The SMILES string of the molecule is O=C(O)C1CCCN(C(=O)NCC2(C3CC3)CCC2)C1. The first-order valence-corrected chi connectivity index (χ1v) is 7.86. The molecule has 1 aliphatic heterocycles. The fraction of sp³-hybridized carbons (Fsp3) is 0.867. The van der Waals surface area contributed by atoms with Crippen LogP contribution in [-0.2, 0) is 4.79 Å². The van der Waals surface area contributed by atoms with E-state index in [1.54, 1.807) is 4.90 Å². The summed E-state index contributed by atoms with van der Waals surface area (Å²) >= 11 is 0. The first kappa shape index (κ1) is 13.7. The number of urea groups is 1. The molecule has 20 heavy (non-hydrogen) atoms. The van der Waals surface area contributed by atoms with E-state index in [1.807, 2.05) is 0 Å². The molecule has 0 aromatic carbocycles. The van der Waals surface area contributed by atoms with E-state index in [2.05, 4.69) is 5.32 Å². The predicted octanol–water partition coefficient (Wildman–Crippen LogP) is 2.07. The standard InChI is InChI=1S/C15H24N2O3/c18-13(19)11-3-1-8-17(9-11)14(20)16-10-15(6-2-7-15)12-4-5-12/h11-12H,1-10H2,(H,16,20)(H,18,19). The van der Waals surface area contributed by atoms with Crippen molar-refractivity contribution in [3.63, 3.8) is 0 Å². The molecule has 112 valence electrons. The molecule has 0 radical (unpaired) electrons. The van der Waals surface area contributed by atoms with Crippen LogP contribution in [0.2, 0.25) is 0 Å². The van der Waals surface area contributed by atoms with E-state index < -0.39 is 11.9 Å². The second kappa shape index (κ2) is 5.26. The van der Waals surface area contributed by atoms with Crippen LogP contribution in [0.1, 0.15) is 44.9 Å². The van der Waals surface area contributed by atoms with Crippen LogP contribution < -0.4 is 5.32 Å². The van der Waals surface area contributed by atoms with Crippen molar-refractivity contribution in [1.29, 1.82) is 0 Å². The Bertz CT molecular complexity index is 402. The molecule has 1 heterocycles. The highest BCUT2D eigenvalue weighted by molar-refractivity contribution is 5.76. The Balaban J connectivity index is 1.50. The number of hydrogen-bond acceptors (Lipinski definition) is 2. The number of carbonyl (C=O) groups is 2. The summed E-state index contributed by atoms with van der Waals surface area (Å²) in [5, 5.41) is 12.1. The monoisotopic (exact) mass is 280 g/mol. The number of carboxylic acids is 1. The van der Waals surface area contributed by atoms with Crippen molar-refractivity contribution < 1.29 is 14.7 Å². The molecule has 0 bridgehead atoms. The summed E-state index contributed by atoms with van der Waals surface area (Å²) < 4.78 is 0. The number of hydrogen-bond donors (Lipinski definition) is 2. The van der Waals surface area contributed by atoms with Gasteiger partial charge in [-0.05, 0) is 49.9 Å². The van der Waals surface area contributed by atoms with Crippen LogP contribution in [0.15, 0.2) is 0 Å². The number of nitrogens with one attached hydrogen (secondary N) is 1. The normalized spacial score (nSPS) is 28.6. The molecule has 5 nitrogen and oxygen atoms in total. The number of rotatable bonds is 4. The third-order valence-electron chi connectivity index (χ3n) is 5.44. The molecular formula is C15H24N2O3. The van der Waals surface area contributed by atoms with Gasteiger partial charge in [0.15, 0.2) is 0 Å². The largest absolute Gasteiger partial charge is 0.481 e. The summed E-state index contributed by atoms with van der Waals surface area (Å²) in [5.74, 6) is -0.351. The molecule has 3 rings (SSSR count). The predicted molar refractivity (Wildman–Crippen MR) is 74.3 cm³/mol. The highest BCUT2D eigenvalue weighted by Gasteiger charge is 2.49. The van der Waals surface area contributed by atoms with Gasteiger partial charge in [-0.1, -0.05) is 6.42 Å². The zero-order valence-electron chi connectivity index (χ0n) is 11.9. The fourth-order valence-electron chi connectivity index (χ4n) is 3.78. The smallest absolute Gasteiger partial charge is 0.317 e. The molecule has 2 amide bonds. The number of likely N-dealkylation sites (tertiary alicyclic amines) is 1. The molecule has 5 heteroatoms. The highest BCUT2D eigenvalue weighted by atomic mass is 16.4. The van der Waals surface area contributed by atoms with Gasteiger partial charge in [0.2, 0.25) is 0 Å². The molecule has 0 aromatic heterocycles. The van der Waals surface area contributed by atoms with E-state index in [-0.39, 0.29) is 6.03 Å². The number of piperidine rings is 1. The van der Waals surface area contributed by atoms with Gasteiger partial charge < -0.3 is 15.3 Å². The van der Waals surface area contributed by atoms with Crippen LogP contribution in [0, 0.1) is 17.3 Å². The van der Waals surface area contributed by atoms with Crippen LogP contribution in [-0.4, -0.2) is 41.6 Å². The van der Waals surface area contributed by atoms with Gasteiger partial charge in [0.1, 0.15) is 0 Å². The lowest BCUT2D eigenvalue weighted by molar-refractivity contribution is -0.143. The molecule has 2 saturated carbocycles. The molecular weight excluding hydrogens is 256 g/mol. The zero-order chi connectivity index (χ0) is 14.2. The van der Waals surface area contributed by atoms with Crippen molar-refractivity contribution in [2.75, 3.05) is 19.6 Å². The lowest BCUT2D eigenvalue weighted by atomic mass is 9.65. The molecule has 0 aromatic rings. The van der Waals surface area contributed by atoms with E-state index in [1.165, 1.54) is 32.1 Å². The van der Waals surface area contributed by atoms with Gasteiger partial charge in [-0.25, -0.2) is 4.79 Å². The number of carbonyl (C=O) groups excluding carboxylic acids is 1. The van der Waals surface area contributed by atoms with Crippen LogP contribution in [0.3, 0.4) is 0 Å². The second-order valence-electron chi connectivity index (χ2n) is 6.77. The number of aliphatic carboxylic acids is 1. The van der Waals surface area contributed by atoms with Gasteiger partial charge >= 0.3 is 12.0 Å². The second-order valence-corrected chi connectivity index (χ2v) is 6.77. The Morgan fingerprint density at radius 1 is 1.20 bits per heavy atom. The average molecular weight is 280 g/mol. The molecule has 0 spiro atoms. The Morgan fingerprint density at radius 2 is 1.95 bits per heavy atom. The third-order valence-corrected chi connectivity index (χ3v) is 5.44.